The van der Waals surface area contributed by atoms with Crippen LogP contribution in [0.2, 0.25) is 0 Å². The molecule has 210 valence electrons. The summed E-state index contributed by atoms with van der Waals surface area (Å²) in [6.07, 6.45) is 0. The predicted octanol–water partition coefficient (Wildman–Crippen LogP) is 7.37. The standard InChI is InChI=1S/C31H21F6O3S/c1-31(2,9-8-19-6-4-3-5-7-19)40-29(38)18-39-30-27(36)16-26(17-28(30)37)41(24-12-20(32)10-21(33)13-24)25-14-22(34)11-23(35)15-25/h3-7,10-17H,18H2,1-2H3/q+1. The molecule has 0 saturated carbocycles. The zero-order valence-electron chi connectivity index (χ0n) is 21.6. The summed E-state index contributed by atoms with van der Waals surface area (Å²) in [6, 6.07) is 15.3. The molecule has 41 heavy (non-hydrogen) atoms. The highest BCUT2D eigenvalue weighted by Gasteiger charge is 2.34. The molecule has 0 saturated heterocycles. The van der Waals surface area contributed by atoms with Crippen molar-refractivity contribution < 1.29 is 40.6 Å². The predicted molar refractivity (Wildman–Crippen MR) is 140 cm³/mol. The van der Waals surface area contributed by atoms with E-state index in [4.69, 9.17) is 9.47 Å². The smallest absolute Gasteiger partial charge is 0.345 e. The number of carbonyl (C=O) groups is 1. The normalized spacial score (nSPS) is 11.1. The lowest BCUT2D eigenvalue weighted by molar-refractivity contribution is -0.154. The molecule has 3 nitrogen and oxygen atoms in total. The number of hydrogen-bond donors (Lipinski definition) is 0. The first-order valence-electron chi connectivity index (χ1n) is 12.0. The Hall–Kier alpha value is -4.36. The van der Waals surface area contributed by atoms with Gasteiger partial charge < -0.3 is 9.47 Å². The molecule has 4 aromatic carbocycles. The molecule has 0 N–H and O–H groups in total. The van der Waals surface area contributed by atoms with Crippen molar-refractivity contribution in [3.8, 4) is 17.6 Å². The fraction of sp³-hybridized carbons (Fsp3) is 0.129. The first kappa shape index (κ1) is 29.6. The molecule has 0 fully saturated rings. The summed E-state index contributed by atoms with van der Waals surface area (Å²) in [5.41, 5.74) is -0.551. The summed E-state index contributed by atoms with van der Waals surface area (Å²) >= 11 is 0. The second-order valence-corrected chi connectivity index (χ2v) is 11.1. The fourth-order valence-electron chi connectivity index (χ4n) is 3.71. The van der Waals surface area contributed by atoms with Gasteiger partial charge in [0.2, 0.25) is 0 Å². The van der Waals surface area contributed by atoms with E-state index in [1.165, 1.54) is 13.8 Å². The Morgan fingerprint density at radius 2 is 1.20 bits per heavy atom. The maximum atomic E-state index is 15.1. The third-order valence-electron chi connectivity index (χ3n) is 5.34. The van der Waals surface area contributed by atoms with Gasteiger partial charge in [-0.2, -0.15) is 0 Å². The monoisotopic (exact) mass is 587 g/mol. The highest BCUT2D eigenvalue weighted by atomic mass is 32.2. The molecule has 10 heteroatoms. The van der Waals surface area contributed by atoms with Crippen LogP contribution in [0.25, 0.3) is 0 Å². The van der Waals surface area contributed by atoms with Gasteiger partial charge in [0, 0.05) is 54.1 Å². The number of ether oxygens (including phenoxy) is 2. The van der Waals surface area contributed by atoms with Gasteiger partial charge in [0.1, 0.15) is 23.3 Å². The molecule has 4 aromatic rings. The topological polar surface area (TPSA) is 35.5 Å². The Kier molecular flexibility index (Phi) is 8.98. The highest BCUT2D eigenvalue weighted by molar-refractivity contribution is 7.97. The zero-order chi connectivity index (χ0) is 29.7. The summed E-state index contributed by atoms with van der Waals surface area (Å²) in [5, 5.41) is 0. The fourth-order valence-corrected chi connectivity index (χ4v) is 5.89. The van der Waals surface area contributed by atoms with E-state index in [1.807, 2.05) is 6.07 Å². The lowest BCUT2D eigenvalue weighted by atomic mass is 10.1. The number of carbonyl (C=O) groups excluding carboxylic acids is 1. The van der Waals surface area contributed by atoms with E-state index in [0.29, 0.717) is 17.7 Å². The van der Waals surface area contributed by atoms with Crippen molar-refractivity contribution in [1.29, 1.82) is 0 Å². The van der Waals surface area contributed by atoms with Crippen molar-refractivity contribution in [1.82, 2.24) is 0 Å². The van der Waals surface area contributed by atoms with Crippen LogP contribution in [-0.2, 0) is 20.4 Å². The van der Waals surface area contributed by atoms with Crippen molar-refractivity contribution >= 4 is 16.9 Å². The minimum Gasteiger partial charge on any atom is -0.476 e. The number of benzene rings is 4. The first-order valence-corrected chi connectivity index (χ1v) is 13.2. The molecule has 0 aliphatic rings. The highest BCUT2D eigenvalue weighted by Crippen LogP contribution is 2.36. The molecule has 4 rings (SSSR count). The number of halogens is 6. The quantitative estimate of drug-likeness (QED) is 0.0981. The van der Waals surface area contributed by atoms with Crippen LogP contribution in [0, 0.1) is 46.7 Å². The molecule has 0 spiro atoms. The third kappa shape index (κ3) is 7.86. The largest absolute Gasteiger partial charge is 0.476 e. The Bertz CT molecular complexity index is 1530. The Labute approximate surface area is 235 Å². The van der Waals surface area contributed by atoms with Crippen LogP contribution in [0.4, 0.5) is 26.3 Å². The van der Waals surface area contributed by atoms with E-state index in [0.717, 1.165) is 36.4 Å². The molecule has 0 unspecified atom stereocenters. The van der Waals surface area contributed by atoms with Gasteiger partial charge >= 0.3 is 5.97 Å². The van der Waals surface area contributed by atoms with Crippen LogP contribution in [0.5, 0.6) is 5.75 Å². The summed E-state index contributed by atoms with van der Waals surface area (Å²) < 4.78 is 96.6. The Morgan fingerprint density at radius 1 is 0.732 bits per heavy atom. The van der Waals surface area contributed by atoms with Gasteiger partial charge in [-0.05, 0) is 26.0 Å². The summed E-state index contributed by atoms with van der Waals surface area (Å²) in [5.74, 6) is -2.73. The van der Waals surface area contributed by atoms with Crippen LogP contribution in [0.1, 0.15) is 19.4 Å². The lowest BCUT2D eigenvalue weighted by Crippen LogP contribution is -2.29. The van der Waals surface area contributed by atoms with E-state index >= 15 is 8.78 Å². The summed E-state index contributed by atoms with van der Waals surface area (Å²) in [4.78, 5) is 11.9. The van der Waals surface area contributed by atoms with Crippen molar-refractivity contribution in [2.45, 2.75) is 34.1 Å². The average Bonchev–Trinajstić information content (AvgIpc) is 2.86. The van der Waals surface area contributed by atoms with Gasteiger partial charge in [-0.1, -0.05) is 30.0 Å². The molecule has 0 bridgehead atoms. The van der Waals surface area contributed by atoms with E-state index < -0.39 is 69.7 Å². The summed E-state index contributed by atoms with van der Waals surface area (Å²) in [6.45, 7) is 2.20. The van der Waals surface area contributed by atoms with Gasteiger partial charge in [-0.25, -0.2) is 31.1 Å². The van der Waals surface area contributed by atoms with Crippen LogP contribution in [0.3, 0.4) is 0 Å². The van der Waals surface area contributed by atoms with E-state index in [1.54, 1.807) is 24.3 Å². The van der Waals surface area contributed by atoms with Gasteiger partial charge in [0.05, 0.1) is 10.9 Å². The first-order chi connectivity index (χ1) is 19.4. The minimum absolute atomic E-state index is 0.123. The second kappa shape index (κ2) is 12.4. The Balaban J connectivity index is 1.58. The van der Waals surface area contributed by atoms with Crippen LogP contribution < -0.4 is 4.74 Å². The van der Waals surface area contributed by atoms with Gasteiger partial charge in [-0.15, -0.1) is 0 Å². The second-order valence-electron chi connectivity index (χ2n) is 9.12. The van der Waals surface area contributed by atoms with Crippen LogP contribution >= 0.6 is 0 Å². The average molecular weight is 588 g/mol. The molecule has 0 atom stereocenters. The number of hydrogen-bond acceptors (Lipinski definition) is 3. The van der Waals surface area contributed by atoms with Gasteiger partial charge in [0.15, 0.2) is 44.3 Å². The van der Waals surface area contributed by atoms with Crippen molar-refractivity contribution in [3.05, 3.63) is 119 Å². The van der Waals surface area contributed by atoms with E-state index in [9.17, 15) is 22.4 Å². The van der Waals surface area contributed by atoms with E-state index in [-0.39, 0.29) is 14.7 Å². The van der Waals surface area contributed by atoms with Crippen molar-refractivity contribution in [2.24, 2.45) is 0 Å². The molecule has 0 amide bonds. The molecule has 0 radical (unpaired) electrons. The minimum atomic E-state index is -1.73. The number of rotatable bonds is 7. The van der Waals surface area contributed by atoms with Crippen molar-refractivity contribution in [3.63, 3.8) is 0 Å². The third-order valence-corrected chi connectivity index (χ3v) is 7.46. The van der Waals surface area contributed by atoms with Gasteiger partial charge in [0.25, 0.3) is 0 Å². The molecular formula is C31H21F6O3S+. The molecule has 0 heterocycles. The molecule has 0 aromatic heterocycles. The van der Waals surface area contributed by atoms with Gasteiger partial charge in [-0.3, -0.25) is 0 Å². The number of esters is 1. The summed E-state index contributed by atoms with van der Waals surface area (Å²) in [7, 11) is -1.73. The zero-order valence-corrected chi connectivity index (χ0v) is 22.4. The Morgan fingerprint density at radius 3 is 1.68 bits per heavy atom. The maximum Gasteiger partial charge on any atom is 0.345 e. The SMILES string of the molecule is CC(C)(C#Cc1ccccc1)OC(=O)COc1c(F)cc([S+](c2cc(F)cc(F)c2)c2cc(F)cc(F)c2)cc1F. The molecule has 0 aliphatic carbocycles. The molecule has 0 aliphatic heterocycles. The maximum absolute atomic E-state index is 15.1. The van der Waals surface area contributed by atoms with Crippen LogP contribution in [0.15, 0.2) is 93.5 Å². The molecular weight excluding hydrogens is 566 g/mol. The lowest BCUT2D eigenvalue weighted by Gasteiger charge is -2.19. The van der Waals surface area contributed by atoms with Crippen LogP contribution in [-0.4, -0.2) is 18.2 Å². The van der Waals surface area contributed by atoms with Crippen molar-refractivity contribution in [2.75, 3.05) is 6.61 Å². The van der Waals surface area contributed by atoms with E-state index in [2.05, 4.69) is 11.8 Å².